The molecule has 0 bridgehead atoms. The molecule has 0 saturated carbocycles. The molecule has 2 aromatic carbocycles. The SMILES string of the molecule is Bc1ccc(CCCCCCc2ccc(Br)cc2)cc1. The van der Waals surface area contributed by atoms with Gasteiger partial charge in [0.2, 0.25) is 0 Å². The second-order valence-electron chi connectivity index (χ2n) is 5.53. The number of rotatable bonds is 7. The summed E-state index contributed by atoms with van der Waals surface area (Å²) in [5.41, 5.74) is 4.28. The zero-order valence-corrected chi connectivity index (χ0v) is 13.8. The molecule has 0 fully saturated rings. The molecule has 104 valence electrons. The lowest BCUT2D eigenvalue weighted by molar-refractivity contribution is 0.640. The van der Waals surface area contributed by atoms with Crippen molar-refractivity contribution in [3.8, 4) is 0 Å². The summed E-state index contributed by atoms with van der Waals surface area (Å²) in [7, 11) is 2.14. The molecule has 0 atom stereocenters. The molecule has 0 spiro atoms. The van der Waals surface area contributed by atoms with Gasteiger partial charge in [-0.05, 0) is 48.9 Å². The van der Waals surface area contributed by atoms with Gasteiger partial charge < -0.3 is 0 Å². The quantitative estimate of drug-likeness (QED) is 0.531. The minimum atomic E-state index is 1.17. The van der Waals surface area contributed by atoms with Crippen LogP contribution in [0, 0.1) is 0 Å². The normalized spacial score (nSPS) is 10.7. The van der Waals surface area contributed by atoms with Crippen LogP contribution in [0.5, 0.6) is 0 Å². The Bertz CT molecular complexity index is 452. The minimum absolute atomic E-state index is 1.17. The number of unbranched alkanes of at least 4 members (excludes halogenated alkanes) is 3. The number of aryl methyl sites for hydroxylation is 2. The van der Waals surface area contributed by atoms with Gasteiger partial charge in [-0.15, -0.1) is 0 Å². The molecule has 0 aliphatic heterocycles. The fraction of sp³-hybridized carbons (Fsp3) is 0.333. The lowest BCUT2D eigenvalue weighted by atomic mass is 9.94. The van der Waals surface area contributed by atoms with Gasteiger partial charge in [0.1, 0.15) is 7.85 Å². The van der Waals surface area contributed by atoms with Crippen LogP contribution in [0.15, 0.2) is 53.0 Å². The Labute approximate surface area is 132 Å². The van der Waals surface area contributed by atoms with E-state index in [1.807, 2.05) is 0 Å². The highest BCUT2D eigenvalue weighted by Gasteiger charge is 1.96. The Morgan fingerprint density at radius 3 is 1.60 bits per heavy atom. The fourth-order valence-electron chi connectivity index (χ4n) is 2.42. The van der Waals surface area contributed by atoms with Crippen LogP contribution < -0.4 is 5.46 Å². The largest absolute Gasteiger partial charge is 0.139 e. The predicted molar refractivity (Wildman–Crippen MR) is 94.6 cm³/mol. The predicted octanol–water partition coefficient (Wildman–Crippen LogP) is 4.05. The van der Waals surface area contributed by atoms with E-state index in [0.29, 0.717) is 0 Å². The van der Waals surface area contributed by atoms with Gasteiger partial charge in [0.15, 0.2) is 0 Å². The van der Waals surface area contributed by atoms with Crippen molar-refractivity contribution in [3.05, 3.63) is 64.1 Å². The molecule has 0 saturated heterocycles. The lowest BCUT2D eigenvalue weighted by Gasteiger charge is -2.04. The summed E-state index contributed by atoms with van der Waals surface area (Å²) in [4.78, 5) is 0. The Kier molecular flexibility index (Phi) is 6.39. The molecule has 0 nitrogen and oxygen atoms in total. The summed E-state index contributed by atoms with van der Waals surface area (Å²) in [5, 5.41) is 0. The second-order valence-corrected chi connectivity index (χ2v) is 6.44. The molecule has 0 aromatic heterocycles. The summed E-state index contributed by atoms with van der Waals surface area (Å²) in [6.45, 7) is 0. The van der Waals surface area contributed by atoms with E-state index in [1.165, 1.54) is 59.6 Å². The van der Waals surface area contributed by atoms with Crippen molar-refractivity contribution >= 4 is 29.2 Å². The first-order valence-electron chi connectivity index (χ1n) is 7.54. The molecule has 0 aliphatic carbocycles. The highest BCUT2D eigenvalue weighted by atomic mass is 79.9. The highest BCUT2D eigenvalue weighted by molar-refractivity contribution is 9.10. The maximum atomic E-state index is 3.47. The number of benzene rings is 2. The standard InChI is InChI=1S/C18H22BBr/c19-17-11-7-15(8-12-17)5-3-1-2-4-6-16-9-13-18(20)14-10-16/h7-14H,1-6,19H2. The van der Waals surface area contributed by atoms with Gasteiger partial charge in [0, 0.05) is 4.47 Å². The first kappa shape index (κ1) is 15.4. The van der Waals surface area contributed by atoms with Crippen LogP contribution >= 0.6 is 15.9 Å². The molecule has 0 aliphatic rings. The molecular weight excluding hydrogens is 307 g/mol. The third kappa shape index (κ3) is 5.54. The minimum Gasteiger partial charge on any atom is -0.0889 e. The zero-order chi connectivity index (χ0) is 14.2. The first-order valence-corrected chi connectivity index (χ1v) is 8.33. The highest BCUT2D eigenvalue weighted by Crippen LogP contribution is 2.14. The third-order valence-corrected chi connectivity index (χ3v) is 4.24. The van der Waals surface area contributed by atoms with Crippen molar-refractivity contribution in [2.24, 2.45) is 0 Å². The Balaban J connectivity index is 1.57. The van der Waals surface area contributed by atoms with E-state index >= 15 is 0 Å². The van der Waals surface area contributed by atoms with Crippen LogP contribution in [-0.2, 0) is 12.8 Å². The molecule has 0 N–H and O–H groups in total. The molecule has 0 radical (unpaired) electrons. The van der Waals surface area contributed by atoms with E-state index in [1.54, 1.807) is 0 Å². The van der Waals surface area contributed by atoms with Crippen LogP contribution in [0.3, 0.4) is 0 Å². The van der Waals surface area contributed by atoms with Gasteiger partial charge >= 0.3 is 0 Å². The number of hydrogen-bond donors (Lipinski definition) is 0. The van der Waals surface area contributed by atoms with Crippen molar-refractivity contribution < 1.29 is 0 Å². The summed E-state index contributed by atoms with van der Waals surface area (Å²) >= 11 is 3.47. The van der Waals surface area contributed by atoms with Crippen LogP contribution in [0.2, 0.25) is 0 Å². The van der Waals surface area contributed by atoms with E-state index in [9.17, 15) is 0 Å². The summed E-state index contributed by atoms with van der Waals surface area (Å²) in [6.07, 6.45) is 7.71. The van der Waals surface area contributed by atoms with E-state index < -0.39 is 0 Å². The van der Waals surface area contributed by atoms with Gasteiger partial charge in [-0.1, -0.05) is 70.6 Å². The molecule has 2 aromatic rings. The Morgan fingerprint density at radius 1 is 0.650 bits per heavy atom. The maximum absolute atomic E-state index is 3.47. The third-order valence-electron chi connectivity index (χ3n) is 3.71. The zero-order valence-electron chi connectivity index (χ0n) is 12.2. The van der Waals surface area contributed by atoms with E-state index in [-0.39, 0.29) is 0 Å². The van der Waals surface area contributed by atoms with E-state index in [0.717, 1.165) is 0 Å². The molecule has 2 heteroatoms. The van der Waals surface area contributed by atoms with Crippen molar-refractivity contribution in [2.75, 3.05) is 0 Å². The average molecular weight is 329 g/mol. The monoisotopic (exact) mass is 328 g/mol. The first-order chi connectivity index (χ1) is 9.74. The van der Waals surface area contributed by atoms with Crippen LogP contribution in [0.25, 0.3) is 0 Å². The van der Waals surface area contributed by atoms with Crippen molar-refractivity contribution in [1.82, 2.24) is 0 Å². The summed E-state index contributed by atoms with van der Waals surface area (Å²) in [6, 6.07) is 17.6. The lowest BCUT2D eigenvalue weighted by Crippen LogP contribution is -2.00. The molecule has 0 amide bonds. The molecule has 20 heavy (non-hydrogen) atoms. The Morgan fingerprint density at radius 2 is 1.10 bits per heavy atom. The van der Waals surface area contributed by atoms with Gasteiger partial charge in [-0.3, -0.25) is 0 Å². The molecule has 0 heterocycles. The van der Waals surface area contributed by atoms with Crippen molar-refractivity contribution in [3.63, 3.8) is 0 Å². The summed E-state index contributed by atoms with van der Waals surface area (Å²) < 4.78 is 1.17. The smallest absolute Gasteiger partial charge is 0.0889 e. The van der Waals surface area contributed by atoms with Crippen LogP contribution in [0.4, 0.5) is 0 Å². The molecule has 0 unspecified atom stereocenters. The molecule has 2 rings (SSSR count). The second kappa shape index (κ2) is 8.31. The van der Waals surface area contributed by atoms with Gasteiger partial charge in [0.25, 0.3) is 0 Å². The topological polar surface area (TPSA) is 0 Å². The molecular formula is C18H22BBr. The fourth-order valence-corrected chi connectivity index (χ4v) is 2.68. The van der Waals surface area contributed by atoms with E-state index in [4.69, 9.17) is 0 Å². The van der Waals surface area contributed by atoms with Crippen molar-refractivity contribution in [1.29, 1.82) is 0 Å². The van der Waals surface area contributed by atoms with Gasteiger partial charge in [0.05, 0.1) is 0 Å². The van der Waals surface area contributed by atoms with Gasteiger partial charge in [-0.2, -0.15) is 0 Å². The Hall–Kier alpha value is -1.02. The van der Waals surface area contributed by atoms with E-state index in [2.05, 4.69) is 72.3 Å². The van der Waals surface area contributed by atoms with Crippen LogP contribution in [-0.4, -0.2) is 7.85 Å². The van der Waals surface area contributed by atoms with Crippen molar-refractivity contribution in [2.45, 2.75) is 38.5 Å². The maximum Gasteiger partial charge on any atom is 0.139 e. The average Bonchev–Trinajstić information content (AvgIpc) is 2.46. The number of hydrogen-bond acceptors (Lipinski definition) is 0. The van der Waals surface area contributed by atoms with Gasteiger partial charge in [-0.25, -0.2) is 0 Å². The number of halogens is 1. The van der Waals surface area contributed by atoms with Crippen LogP contribution in [0.1, 0.15) is 36.8 Å². The summed E-state index contributed by atoms with van der Waals surface area (Å²) in [5.74, 6) is 0.